The lowest BCUT2D eigenvalue weighted by Gasteiger charge is -2.18. The van der Waals surface area contributed by atoms with E-state index in [0.717, 1.165) is 6.07 Å². The molecule has 2 unspecified atom stereocenters. The Morgan fingerprint density at radius 1 is 1.31 bits per heavy atom. The molecule has 0 saturated carbocycles. The molecule has 1 aromatic carbocycles. The van der Waals surface area contributed by atoms with Crippen LogP contribution in [0.5, 0.6) is 11.5 Å². The lowest BCUT2D eigenvalue weighted by molar-refractivity contribution is -0.386. The van der Waals surface area contributed by atoms with Gasteiger partial charge in [-0.3, -0.25) is 10.1 Å². The van der Waals surface area contributed by atoms with Crippen LogP contribution in [0, 0.1) is 10.1 Å². The summed E-state index contributed by atoms with van der Waals surface area (Å²) in [6.07, 6.45) is -2.95. The zero-order chi connectivity index (χ0) is 19.4. The number of aliphatic hydroxyl groups excluding tert-OH is 3. The van der Waals surface area contributed by atoms with Gasteiger partial charge < -0.3 is 34.3 Å². The van der Waals surface area contributed by atoms with E-state index in [9.17, 15) is 25.1 Å². The molecule has 2 atom stereocenters. The molecule has 0 saturated heterocycles. The van der Waals surface area contributed by atoms with Crippen LogP contribution in [-0.2, 0) is 20.9 Å². The van der Waals surface area contributed by atoms with Crippen molar-refractivity contribution in [1.29, 1.82) is 0 Å². The lowest BCUT2D eigenvalue weighted by Crippen LogP contribution is -2.32. The molecule has 2 rings (SSSR count). The summed E-state index contributed by atoms with van der Waals surface area (Å²) in [6, 6.07) is 2.45. The minimum absolute atomic E-state index is 0.0598. The van der Waals surface area contributed by atoms with E-state index >= 15 is 0 Å². The monoisotopic (exact) mass is 371 g/mol. The maximum atomic E-state index is 11.4. The number of hydrogen-bond acceptors (Lipinski definition) is 10. The highest BCUT2D eigenvalue weighted by Gasteiger charge is 2.40. The Hall–Kier alpha value is -3.05. The predicted molar refractivity (Wildman–Crippen MR) is 83.6 cm³/mol. The molecule has 0 spiro atoms. The van der Waals surface area contributed by atoms with E-state index in [0.29, 0.717) is 0 Å². The second-order valence-electron chi connectivity index (χ2n) is 5.17. The fourth-order valence-corrected chi connectivity index (χ4v) is 2.31. The molecule has 142 valence electrons. The van der Waals surface area contributed by atoms with Crippen LogP contribution in [0.4, 0.5) is 5.69 Å². The summed E-state index contributed by atoms with van der Waals surface area (Å²) in [4.78, 5) is 22.0. The molecule has 26 heavy (non-hydrogen) atoms. The molecule has 11 nitrogen and oxygen atoms in total. The zero-order valence-electron chi connectivity index (χ0n) is 13.9. The first-order valence-corrected chi connectivity index (χ1v) is 7.29. The SMILES string of the molecule is COc1cc(COC2=C(O)C(=O)OC2C(O)CO)c([N+](=O)[O-])cc1OC. The number of nitro benzene ring substituents is 1. The normalized spacial score (nSPS) is 17.7. The van der Waals surface area contributed by atoms with Crippen LogP contribution in [0.3, 0.4) is 0 Å². The molecule has 1 aliphatic heterocycles. The largest absolute Gasteiger partial charge is 0.499 e. The van der Waals surface area contributed by atoms with E-state index in [1.54, 1.807) is 0 Å². The zero-order valence-corrected chi connectivity index (χ0v) is 13.9. The molecule has 1 aromatic rings. The molecule has 11 heteroatoms. The summed E-state index contributed by atoms with van der Waals surface area (Å²) in [6.45, 7) is -1.20. The summed E-state index contributed by atoms with van der Waals surface area (Å²) in [5, 5.41) is 39.6. The van der Waals surface area contributed by atoms with Crippen molar-refractivity contribution < 1.29 is 44.0 Å². The average Bonchev–Trinajstić information content (AvgIpc) is 2.92. The van der Waals surface area contributed by atoms with Crippen LogP contribution < -0.4 is 9.47 Å². The van der Waals surface area contributed by atoms with Crippen molar-refractivity contribution in [3.05, 3.63) is 39.3 Å². The number of cyclic esters (lactones) is 1. The number of hydrogen-bond donors (Lipinski definition) is 3. The molecule has 1 aliphatic rings. The van der Waals surface area contributed by atoms with Crippen LogP contribution in [-0.4, -0.2) is 59.2 Å². The molecule has 0 fully saturated rings. The fourth-order valence-electron chi connectivity index (χ4n) is 2.31. The first-order valence-electron chi connectivity index (χ1n) is 7.29. The predicted octanol–water partition coefficient (Wildman–Crippen LogP) is 0.177. The van der Waals surface area contributed by atoms with Crippen molar-refractivity contribution in [2.24, 2.45) is 0 Å². The van der Waals surface area contributed by atoms with Crippen LogP contribution in [0.25, 0.3) is 0 Å². The van der Waals surface area contributed by atoms with E-state index in [4.69, 9.17) is 24.1 Å². The van der Waals surface area contributed by atoms with Crippen molar-refractivity contribution in [1.82, 2.24) is 0 Å². The van der Waals surface area contributed by atoms with Gasteiger partial charge in [0.15, 0.2) is 23.4 Å². The van der Waals surface area contributed by atoms with E-state index in [1.807, 2.05) is 0 Å². The van der Waals surface area contributed by atoms with Crippen LogP contribution >= 0.6 is 0 Å². The highest BCUT2D eigenvalue weighted by molar-refractivity contribution is 5.89. The summed E-state index contributed by atoms with van der Waals surface area (Å²) in [5.74, 6) is -2.11. The quantitative estimate of drug-likeness (QED) is 0.327. The summed E-state index contributed by atoms with van der Waals surface area (Å²) in [7, 11) is 2.67. The van der Waals surface area contributed by atoms with Crippen molar-refractivity contribution in [3.63, 3.8) is 0 Å². The van der Waals surface area contributed by atoms with Gasteiger partial charge in [-0.25, -0.2) is 4.79 Å². The number of benzene rings is 1. The maximum absolute atomic E-state index is 11.4. The second-order valence-corrected chi connectivity index (χ2v) is 5.17. The standard InChI is InChI=1S/C15H17NO10/c1-23-10-3-7(8(16(21)22)4-11(10)24-2)6-25-14-12(19)15(20)26-13(14)9(18)5-17/h3-4,9,13,17-19H,5-6H2,1-2H3. The Labute approximate surface area is 147 Å². The molecular formula is C15H17NO10. The first kappa shape index (κ1) is 19.3. The van der Waals surface area contributed by atoms with Gasteiger partial charge in [-0.15, -0.1) is 0 Å². The maximum Gasteiger partial charge on any atom is 0.378 e. The van der Waals surface area contributed by atoms with E-state index in [1.165, 1.54) is 20.3 Å². The number of carbonyl (C=O) groups excluding carboxylic acids is 1. The Morgan fingerprint density at radius 3 is 2.46 bits per heavy atom. The molecule has 0 amide bonds. The van der Waals surface area contributed by atoms with Gasteiger partial charge in [-0.05, 0) is 6.07 Å². The molecule has 0 bridgehead atoms. The lowest BCUT2D eigenvalue weighted by atomic mass is 10.1. The second kappa shape index (κ2) is 7.89. The van der Waals surface area contributed by atoms with Gasteiger partial charge in [-0.1, -0.05) is 0 Å². The Bertz CT molecular complexity index is 744. The third-order valence-corrected chi connectivity index (χ3v) is 3.62. The van der Waals surface area contributed by atoms with Crippen molar-refractivity contribution in [3.8, 4) is 11.5 Å². The molecule has 0 radical (unpaired) electrons. The van der Waals surface area contributed by atoms with Crippen LogP contribution in [0.2, 0.25) is 0 Å². The number of esters is 1. The van der Waals surface area contributed by atoms with E-state index in [2.05, 4.69) is 0 Å². The number of rotatable bonds is 8. The molecular weight excluding hydrogens is 354 g/mol. The van der Waals surface area contributed by atoms with Gasteiger partial charge in [0.25, 0.3) is 5.69 Å². The number of nitro groups is 1. The number of methoxy groups -OCH3 is 2. The molecule has 0 aromatic heterocycles. The van der Waals surface area contributed by atoms with E-state index in [-0.39, 0.29) is 22.7 Å². The van der Waals surface area contributed by atoms with Gasteiger partial charge in [0.05, 0.1) is 37.4 Å². The number of ether oxygens (including phenoxy) is 4. The third-order valence-electron chi connectivity index (χ3n) is 3.62. The highest BCUT2D eigenvalue weighted by Crippen LogP contribution is 2.36. The van der Waals surface area contributed by atoms with Gasteiger partial charge >= 0.3 is 5.97 Å². The number of aliphatic hydroxyl groups is 3. The number of nitrogens with zero attached hydrogens (tertiary/aromatic N) is 1. The Balaban J connectivity index is 2.33. The third kappa shape index (κ3) is 3.63. The van der Waals surface area contributed by atoms with Gasteiger partial charge in [-0.2, -0.15) is 0 Å². The van der Waals surface area contributed by atoms with E-state index < -0.39 is 47.8 Å². The summed E-state index contributed by atoms with van der Waals surface area (Å²) in [5.41, 5.74) is -0.281. The first-order chi connectivity index (χ1) is 12.3. The topological polar surface area (TPSA) is 158 Å². The fraction of sp³-hybridized carbons (Fsp3) is 0.400. The molecule has 0 aliphatic carbocycles. The van der Waals surface area contributed by atoms with Gasteiger partial charge in [0.2, 0.25) is 5.76 Å². The van der Waals surface area contributed by atoms with Crippen molar-refractivity contribution >= 4 is 11.7 Å². The minimum Gasteiger partial charge on any atom is -0.499 e. The molecule has 1 heterocycles. The minimum atomic E-state index is -1.53. The van der Waals surface area contributed by atoms with Gasteiger partial charge in [0.1, 0.15) is 12.7 Å². The van der Waals surface area contributed by atoms with Crippen molar-refractivity contribution in [2.75, 3.05) is 20.8 Å². The van der Waals surface area contributed by atoms with Crippen LogP contribution in [0.15, 0.2) is 23.7 Å². The average molecular weight is 371 g/mol. The van der Waals surface area contributed by atoms with Gasteiger partial charge in [0, 0.05) is 0 Å². The molecule has 3 N–H and O–H groups in total. The Morgan fingerprint density at radius 2 is 1.92 bits per heavy atom. The van der Waals surface area contributed by atoms with Crippen LogP contribution in [0.1, 0.15) is 5.56 Å². The summed E-state index contributed by atoms with van der Waals surface area (Å²) < 4.78 is 20.1. The Kier molecular flexibility index (Phi) is 5.85. The smallest absolute Gasteiger partial charge is 0.378 e. The van der Waals surface area contributed by atoms with Crippen molar-refractivity contribution in [2.45, 2.75) is 18.8 Å². The highest BCUT2D eigenvalue weighted by atomic mass is 16.6. The number of carbonyl (C=O) groups is 1. The summed E-state index contributed by atoms with van der Waals surface area (Å²) >= 11 is 0.